The molecule has 0 bridgehead atoms. The molecule has 2 aromatic carbocycles. The summed E-state index contributed by atoms with van der Waals surface area (Å²) in [7, 11) is -4.28. The number of pyridine rings is 1. The van der Waals surface area contributed by atoms with E-state index in [2.05, 4.69) is 27.8 Å². The molecule has 0 saturated carbocycles. The van der Waals surface area contributed by atoms with E-state index in [-0.39, 0.29) is 4.90 Å². The lowest BCUT2D eigenvalue weighted by molar-refractivity contribution is 0.483. The first-order valence-corrected chi connectivity index (χ1v) is 11.1. The summed E-state index contributed by atoms with van der Waals surface area (Å²) < 4.78 is 32.0. The Kier molecular flexibility index (Phi) is 6.02. The van der Waals surface area contributed by atoms with Crippen LogP contribution >= 0.6 is 0 Å². The van der Waals surface area contributed by atoms with Gasteiger partial charge in [0.1, 0.15) is 11.9 Å². The summed E-state index contributed by atoms with van der Waals surface area (Å²) in [5, 5.41) is 16.2. The Morgan fingerprint density at radius 1 is 0.871 bits per heavy atom. The van der Waals surface area contributed by atoms with Gasteiger partial charge in [-0.15, -0.1) is 0 Å². The standard InChI is InChI=1S/C23H24N4O3S/c1-13-6-8-20(14(2)10-13)26-23-19(12-24)16(4)17(5)22(27-23)25-21-9-7-18(11-15(21)3)31(28,29)30/h6-11H,1-5H3,(H2,25,26,27)(H,28,29,30). The number of hydrogen-bond acceptors (Lipinski definition) is 6. The third-order valence-electron chi connectivity index (χ3n) is 5.25. The summed E-state index contributed by atoms with van der Waals surface area (Å²) in [6.07, 6.45) is 0. The van der Waals surface area contributed by atoms with Crippen LogP contribution < -0.4 is 10.6 Å². The normalized spacial score (nSPS) is 11.1. The van der Waals surface area contributed by atoms with E-state index >= 15 is 0 Å². The van der Waals surface area contributed by atoms with Crippen LogP contribution in [0.2, 0.25) is 0 Å². The number of benzene rings is 2. The second-order valence-corrected chi connectivity index (χ2v) is 8.99. The van der Waals surface area contributed by atoms with Gasteiger partial charge in [-0.05, 0) is 81.1 Å². The van der Waals surface area contributed by atoms with Gasteiger partial charge in [0.15, 0.2) is 5.82 Å². The fourth-order valence-corrected chi connectivity index (χ4v) is 3.85. The molecule has 1 heterocycles. The molecule has 0 amide bonds. The molecule has 3 rings (SSSR count). The number of aromatic nitrogens is 1. The molecule has 0 fully saturated rings. The van der Waals surface area contributed by atoms with Crippen molar-refractivity contribution in [1.82, 2.24) is 4.98 Å². The highest BCUT2D eigenvalue weighted by Gasteiger charge is 2.17. The summed E-state index contributed by atoms with van der Waals surface area (Å²) in [6, 6.07) is 12.5. The molecular formula is C23H24N4O3S. The van der Waals surface area contributed by atoms with Crippen LogP contribution in [0.3, 0.4) is 0 Å². The Balaban J connectivity index is 2.05. The molecule has 7 nitrogen and oxygen atoms in total. The van der Waals surface area contributed by atoms with Gasteiger partial charge in [0.05, 0.1) is 10.5 Å². The van der Waals surface area contributed by atoms with Gasteiger partial charge in [0, 0.05) is 11.4 Å². The predicted molar refractivity (Wildman–Crippen MR) is 122 cm³/mol. The van der Waals surface area contributed by atoms with Crippen molar-refractivity contribution >= 4 is 33.1 Å². The van der Waals surface area contributed by atoms with Crippen LogP contribution in [0.25, 0.3) is 0 Å². The third kappa shape index (κ3) is 4.68. The molecule has 0 atom stereocenters. The lowest BCUT2D eigenvalue weighted by Gasteiger charge is -2.18. The zero-order chi connectivity index (χ0) is 22.9. The van der Waals surface area contributed by atoms with Gasteiger partial charge in [-0.1, -0.05) is 17.7 Å². The van der Waals surface area contributed by atoms with Crippen LogP contribution in [0.5, 0.6) is 0 Å². The summed E-state index contributed by atoms with van der Waals surface area (Å²) in [4.78, 5) is 4.49. The summed E-state index contributed by atoms with van der Waals surface area (Å²) in [5.74, 6) is 0.985. The molecule has 0 spiro atoms. The number of nitrogens with one attached hydrogen (secondary N) is 2. The highest BCUT2D eigenvalue weighted by molar-refractivity contribution is 7.85. The van der Waals surface area contributed by atoms with Crippen molar-refractivity contribution in [3.8, 4) is 6.07 Å². The lowest BCUT2D eigenvalue weighted by atomic mass is 10.0. The first-order chi connectivity index (χ1) is 14.5. The Labute approximate surface area is 182 Å². The van der Waals surface area contributed by atoms with Crippen LogP contribution in [0.15, 0.2) is 41.3 Å². The van der Waals surface area contributed by atoms with Crippen molar-refractivity contribution in [1.29, 1.82) is 5.26 Å². The van der Waals surface area contributed by atoms with Crippen molar-refractivity contribution in [2.75, 3.05) is 10.6 Å². The predicted octanol–water partition coefficient (Wildman–Crippen LogP) is 5.23. The van der Waals surface area contributed by atoms with Gasteiger partial charge in [-0.2, -0.15) is 13.7 Å². The molecule has 1 aromatic heterocycles. The molecule has 0 radical (unpaired) electrons. The first-order valence-electron chi connectivity index (χ1n) is 9.62. The minimum atomic E-state index is -4.28. The van der Waals surface area contributed by atoms with Crippen molar-refractivity contribution in [2.24, 2.45) is 0 Å². The van der Waals surface area contributed by atoms with Crippen LogP contribution in [0.4, 0.5) is 23.0 Å². The zero-order valence-electron chi connectivity index (χ0n) is 18.0. The molecule has 0 aliphatic heterocycles. The lowest BCUT2D eigenvalue weighted by Crippen LogP contribution is -2.07. The number of anilines is 4. The second kappa shape index (κ2) is 8.38. The monoisotopic (exact) mass is 436 g/mol. The van der Waals surface area contributed by atoms with Gasteiger partial charge >= 0.3 is 0 Å². The maximum absolute atomic E-state index is 11.4. The molecule has 0 saturated heterocycles. The molecule has 0 aliphatic carbocycles. The highest BCUT2D eigenvalue weighted by atomic mass is 32.2. The molecule has 3 aromatic rings. The largest absolute Gasteiger partial charge is 0.340 e. The molecule has 8 heteroatoms. The van der Waals surface area contributed by atoms with E-state index in [1.165, 1.54) is 12.1 Å². The second-order valence-electron chi connectivity index (χ2n) is 7.57. The Bertz CT molecular complexity index is 1330. The fraction of sp³-hybridized carbons (Fsp3) is 0.217. The Morgan fingerprint density at radius 3 is 2.00 bits per heavy atom. The van der Waals surface area contributed by atoms with Crippen LogP contribution in [-0.2, 0) is 10.1 Å². The quantitative estimate of drug-likeness (QED) is 0.469. The molecular weight excluding hydrogens is 412 g/mol. The SMILES string of the molecule is Cc1ccc(Nc2nc(Nc3ccc(S(=O)(=O)O)cc3C)c(C)c(C)c2C#N)c(C)c1. The smallest absolute Gasteiger partial charge is 0.294 e. The van der Waals surface area contributed by atoms with E-state index in [1.54, 1.807) is 13.0 Å². The van der Waals surface area contributed by atoms with E-state index in [0.717, 1.165) is 27.9 Å². The van der Waals surface area contributed by atoms with Crippen molar-refractivity contribution < 1.29 is 13.0 Å². The Hall–Kier alpha value is -3.41. The maximum Gasteiger partial charge on any atom is 0.294 e. The number of aryl methyl sites for hydroxylation is 3. The third-order valence-corrected chi connectivity index (χ3v) is 6.10. The van der Waals surface area contributed by atoms with E-state index in [0.29, 0.717) is 28.5 Å². The number of nitriles is 1. The molecule has 160 valence electrons. The van der Waals surface area contributed by atoms with Crippen molar-refractivity contribution in [3.63, 3.8) is 0 Å². The highest BCUT2D eigenvalue weighted by Crippen LogP contribution is 2.32. The van der Waals surface area contributed by atoms with Gasteiger partial charge in [0.25, 0.3) is 10.1 Å². The summed E-state index contributed by atoms with van der Waals surface area (Å²) in [6.45, 7) is 9.47. The number of hydrogen-bond donors (Lipinski definition) is 3. The number of nitrogens with zero attached hydrogens (tertiary/aromatic N) is 2. The van der Waals surface area contributed by atoms with Crippen LogP contribution in [0.1, 0.15) is 33.4 Å². The van der Waals surface area contributed by atoms with Crippen molar-refractivity contribution in [3.05, 3.63) is 69.8 Å². The minimum absolute atomic E-state index is 0.173. The molecule has 31 heavy (non-hydrogen) atoms. The molecule has 0 unspecified atom stereocenters. The van der Waals surface area contributed by atoms with Gasteiger partial charge in [0.2, 0.25) is 0 Å². The first kappa shape index (κ1) is 22.3. The average Bonchev–Trinajstić information content (AvgIpc) is 2.68. The van der Waals surface area contributed by atoms with Crippen LogP contribution in [0, 0.1) is 45.9 Å². The Morgan fingerprint density at radius 2 is 1.45 bits per heavy atom. The average molecular weight is 437 g/mol. The topological polar surface area (TPSA) is 115 Å². The van der Waals surface area contributed by atoms with Gasteiger partial charge in [-0.25, -0.2) is 4.98 Å². The van der Waals surface area contributed by atoms with Gasteiger partial charge < -0.3 is 10.6 Å². The van der Waals surface area contributed by atoms with E-state index in [1.807, 2.05) is 39.8 Å². The van der Waals surface area contributed by atoms with Gasteiger partial charge in [-0.3, -0.25) is 4.55 Å². The zero-order valence-corrected chi connectivity index (χ0v) is 18.8. The summed E-state index contributed by atoms with van der Waals surface area (Å²) >= 11 is 0. The fourth-order valence-electron chi connectivity index (χ4n) is 3.29. The van der Waals surface area contributed by atoms with E-state index in [4.69, 9.17) is 0 Å². The number of rotatable bonds is 5. The van der Waals surface area contributed by atoms with E-state index in [9.17, 15) is 18.2 Å². The maximum atomic E-state index is 11.4. The van der Waals surface area contributed by atoms with Crippen LogP contribution in [-0.4, -0.2) is 18.0 Å². The molecule has 3 N–H and O–H groups in total. The minimum Gasteiger partial charge on any atom is -0.340 e. The summed E-state index contributed by atoms with van der Waals surface area (Å²) in [5.41, 5.74) is 6.36. The molecule has 0 aliphatic rings. The van der Waals surface area contributed by atoms with E-state index < -0.39 is 10.1 Å². The van der Waals surface area contributed by atoms with Crippen molar-refractivity contribution in [2.45, 2.75) is 39.5 Å².